The van der Waals surface area contributed by atoms with Gasteiger partial charge < -0.3 is 14.8 Å². The summed E-state index contributed by atoms with van der Waals surface area (Å²) in [7, 11) is 1.64. The van der Waals surface area contributed by atoms with Gasteiger partial charge in [-0.2, -0.15) is 0 Å². The van der Waals surface area contributed by atoms with Crippen molar-refractivity contribution in [3.05, 3.63) is 28.8 Å². The van der Waals surface area contributed by atoms with Gasteiger partial charge in [0.05, 0.1) is 20.3 Å². The lowest BCUT2D eigenvalue weighted by atomic mass is 10.1. The molecule has 0 saturated heterocycles. The molecule has 0 spiro atoms. The maximum atomic E-state index is 6.15. The van der Waals surface area contributed by atoms with Gasteiger partial charge in [-0.25, -0.2) is 0 Å². The zero-order valence-corrected chi connectivity index (χ0v) is 11.5. The van der Waals surface area contributed by atoms with Crippen LogP contribution in [0.5, 0.6) is 5.75 Å². The Morgan fingerprint density at radius 1 is 1.33 bits per heavy atom. The number of benzene rings is 1. The SMILES string of the molecule is COc1ccc(CCOCCNC2CC2)c(Cl)c1. The Hall–Kier alpha value is -0.770. The van der Waals surface area contributed by atoms with E-state index in [4.69, 9.17) is 21.1 Å². The molecule has 1 aromatic carbocycles. The summed E-state index contributed by atoms with van der Waals surface area (Å²) in [4.78, 5) is 0. The van der Waals surface area contributed by atoms with E-state index in [0.29, 0.717) is 6.61 Å². The van der Waals surface area contributed by atoms with E-state index in [1.807, 2.05) is 18.2 Å². The Balaban J connectivity index is 1.62. The quantitative estimate of drug-likeness (QED) is 0.736. The predicted molar refractivity (Wildman–Crippen MR) is 73.6 cm³/mol. The first-order valence-corrected chi connectivity index (χ1v) is 6.81. The highest BCUT2D eigenvalue weighted by molar-refractivity contribution is 6.31. The van der Waals surface area contributed by atoms with Crippen LogP contribution in [0.4, 0.5) is 0 Å². The molecule has 0 unspecified atom stereocenters. The molecule has 1 aliphatic carbocycles. The molecule has 18 heavy (non-hydrogen) atoms. The fourth-order valence-corrected chi connectivity index (χ4v) is 2.03. The highest BCUT2D eigenvalue weighted by atomic mass is 35.5. The molecule has 2 rings (SSSR count). The lowest BCUT2D eigenvalue weighted by molar-refractivity contribution is 0.138. The van der Waals surface area contributed by atoms with E-state index in [2.05, 4.69) is 5.32 Å². The van der Waals surface area contributed by atoms with E-state index in [1.165, 1.54) is 12.8 Å². The van der Waals surface area contributed by atoms with Crippen LogP contribution in [-0.4, -0.2) is 32.9 Å². The van der Waals surface area contributed by atoms with Gasteiger partial charge in [0, 0.05) is 17.6 Å². The van der Waals surface area contributed by atoms with Crippen molar-refractivity contribution in [3.63, 3.8) is 0 Å². The van der Waals surface area contributed by atoms with Crippen molar-refractivity contribution in [1.82, 2.24) is 5.32 Å². The molecular weight excluding hydrogens is 250 g/mol. The highest BCUT2D eigenvalue weighted by Gasteiger charge is 2.19. The van der Waals surface area contributed by atoms with Crippen molar-refractivity contribution < 1.29 is 9.47 Å². The van der Waals surface area contributed by atoms with Gasteiger partial charge in [-0.15, -0.1) is 0 Å². The lowest BCUT2D eigenvalue weighted by Gasteiger charge is -2.08. The Bertz CT molecular complexity index is 380. The third-order valence-electron chi connectivity index (χ3n) is 3.03. The molecule has 3 nitrogen and oxygen atoms in total. The van der Waals surface area contributed by atoms with Crippen LogP contribution in [0.3, 0.4) is 0 Å². The minimum atomic E-state index is 0.707. The lowest BCUT2D eigenvalue weighted by Crippen LogP contribution is -2.22. The number of hydrogen-bond acceptors (Lipinski definition) is 3. The van der Waals surface area contributed by atoms with E-state index >= 15 is 0 Å². The molecule has 1 aromatic rings. The summed E-state index contributed by atoms with van der Waals surface area (Å²) in [6.07, 6.45) is 3.48. The predicted octanol–water partition coefficient (Wildman–Crippen LogP) is 2.66. The van der Waals surface area contributed by atoms with E-state index in [9.17, 15) is 0 Å². The number of rotatable bonds is 8. The summed E-state index contributed by atoms with van der Waals surface area (Å²) < 4.78 is 10.7. The second-order valence-electron chi connectivity index (χ2n) is 4.55. The van der Waals surface area contributed by atoms with E-state index in [-0.39, 0.29) is 0 Å². The molecular formula is C14H20ClNO2. The van der Waals surface area contributed by atoms with Crippen LogP contribution in [0.25, 0.3) is 0 Å². The third kappa shape index (κ3) is 4.48. The summed E-state index contributed by atoms with van der Waals surface area (Å²) in [6.45, 7) is 2.42. The number of ether oxygens (including phenoxy) is 2. The molecule has 4 heteroatoms. The van der Waals surface area contributed by atoms with Crippen LogP contribution in [0.2, 0.25) is 5.02 Å². The van der Waals surface area contributed by atoms with E-state index in [0.717, 1.165) is 41.9 Å². The van der Waals surface area contributed by atoms with E-state index < -0.39 is 0 Å². The van der Waals surface area contributed by atoms with Gasteiger partial charge >= 0.3 is 0 Å². The normalized spacial score (nSPS) is 14.8. The molecule has 0 amide bonds. The Labute approximate surface area is 113 Å². The number of halogens is 1. The molecule has 0 heterocycles. The second kappa shape index (κ2) is 6.98. The summed E-state index contributed by atoms with van der Waals surface area (Å²) in [5.41, 5.74) is 1.10. The van der Waals surface area contributed by atoms with Gasteiger partial charge in [-0.1, -0.05) is 17.7 Å². The maximum Gasteiger partial charge on any atom is 0.120 e. The molecule has 0 bridgehead atoms. The number of methoxy groups -OCH3 is 1. The zero-order chi connectivity index (χ0) is 12.8. The summed E-state index contributed by atoms with van der Waals surface area (Å²) in [6, 6.07) is 6.51. The monoisotopic (exact) mass is 269 g/mol. The highest BCUT2D eigenvalue weighted by Crippen LogP contribution is 2.22. The molecule has 1 N–H and O–H groups in total. The molecule has 0 aliphatic heterocycles. The minimum Gasteiger partial charge on any atom is -0.497 e. The first-order valence-electron chi connectivity index (χ1n) is 6.43. The molecule has 1 saturated carbocycles. The average Bonchev–Trinajstić information content (AvgIpc) is 3.19. The van der Waals surface area contributed by atoms with Gasteiger partial charge in [-0.05, 0) is 37.0 Å². The van der Waals surface area contributed by atoms with Crippen molar-refractivity contribution in [2.45, 2.75) is 25.3 Å². The van der Waals surface area contributed by atoms with Crippen molar-refractivity contribution in [2.24, 2.45) is 0 Å². The molecule has 1 aliphatic rings. The van der Waals surface area contributed by atoms with Gasteiger partial charge in [0.1, 0.15) is 5.75 Å². The molecule has 1 fully saturated rings. The maximum absolute atomic E-state index is 6.15. The largest absolute Gasteiger partial charge is 0.497 e. The van der Waals surface area contributed by atoms with Gasteiger partial charge in [0.25, 0.3) is 0 Å². The standard InChI is InChI=1S/C14H20ClNO2/c1-17-13-5-2-11(14(15)10-13)6-8-18-9-7-16-12-3-4-12/h2,5,10,12,16H,3-4,6-9H2,1H3. The molecule has 0 atom stereocenters. The van der Waals surface area contributed by atoms with Crippen LogP contribution >= 0.6 is 11.6 Å². The second-order valence-corrected chi connectivity index (χ2v) is 4.96. The summed E-state index contributed by atoms with van der Waals surface area (Å²) >= 11 is 6.15. The van der Waals surface area contributed by atoms with Gasteiger partial charge in [0.2, 0.25) is 0 Å². The first-order chi connectivity index (χ1) is 8.79. The van der Waals surface area contributed by atoms with Crippen molar-refractivity contribution in [3.8, 4) is 5.75 Å². The fraction of sp³-hybridized carbons (Fsp3) is 0.571. The third-order valence-corrected chi connectivity index (χ3v) is 3.38. The number of nitrogens with one attached hydrogen (secondary N) is 1. The smallest absolute Gasteiger partial charge is 0.120 e. The Morgan fingerprint density at radius 3 is 2.83 bits per heavy atom. The van der Waals surface area contributed by atoms with Gasteiger partial charge in [0.15, 0.2) is 0 Å². The topological polar surface area (TPSA) is 30.5 Å². The van der Waals surface area contributed by atoms with Gasteiger partial charge in [-0.3, -0.25) is 0 Å². The minimum absolute atomic E-state index is 0.707. The average molecular weight is 270 g/mol. The summed E-state index contributed by atoms with van der Waals surface area (Å²) in [5, 5.41) is 4.16. The number of hydrogen-bond donors (Lipinski definition) is 1. The van der Waals surface area contributed by atoms with Crippen molar-refractivity contribution in [2.75, 3.05) is 26.9 Å². The van der Waals surface area contributed by atoms with Crippen LogP contribution in [0.15, 0.2) is 18.2 Å². The first kappa shape index (κ1) is 13.7. The van der Waals surface area contributed by atoms with Crippen molar-refractivity contribution >= 4 is 11.6 Å². The summed E-state index contributed by atoms with van der Waals surface area (Å²) in [5.74, 6) is 0.790. The van der Waals surface area contributed by atoms with Crippen LogP contribution in [0, 0.1) is 0 Å². The fourth-order valence-electron chi connectivity index (χ4n) is 1.76. The Kier molecular flexibility index (Phi) is 5.29. The van der Waals surface area contributed by atoms with E-state index in [1.54, 1.807) is 7.11 Å². The Morgan fingerprint density at radius 2 is 2.17 bits per heavy atom. The molecule has 0 aromatic heterocycles. The molecule has 100 valence electrons. The van der Waals surface area contributed by atoms with Crippen LogP contribution in [-0.2, 0) is 11.2 Å². The molecule has 0 radical (unpaired) electrons. The van der Waals surface area contributed by atoms with Crippen LogP contribution in [0.1, 0.15) is 18.4 Å². The zero-order valence-electron chi connectivity index (χ0n) is 10.7. The van der Waals surface area contributed by atoms with Crippen molar-refractivity contribution in [1.29, 1.82) is 0 Å². The van der Waals surface area contributed by atoms with Crippen LogP contribution < -0.4 is 10.1 Å².